The topological polar surface area (TPSA) is 33.6 Å². The highest BCUT2D eigenvalue weighted by atomic mass is 16.5. The van der Waals surface area contributed by atoms with Gasteiger partial charge >= 0.3 is 0 Å². The zero-order chi connectivity index (χ0) is 10.0. The quantitative estimate of drug-likeness (QED) is 0.687. The molecule has 1 heterocycles. The molecule has 1 N–H and O–H groups in total. The van der Waals surface area contributed by atoms with Crippen LogP contribution in [-0.2, 0) is 4.74 Å². The van der Waals surface area contributed by atoms with Crippen LogP contribution in [0.3, 0.4) is 0 Å². The number of aliphatic imine (C=N–C) groups is 1. The van der Waals surface area contributed by atoms with Crippen LogP contribution in [0.4, 0.5) is 0 Å². The number of allylic oxidation sites excluding steroid dienone is 3. The normalized spacial score (nSPS) is 23.9. The summed E-state index contributed by atoms with van der Waals surface area (Å²) in [5, 5.41) is 3.16. The fourth-order valence-electron chi connectivity index (χ4n) is 1.45. The molecule has 0 aromatic rings. The summed E-state index contributed by atoms with van der Waals surface area (Å²) in [7, 11) is 0. The Bertz CT molecular complexity index is 313. The summed E-state index contributed by atoms with van der Waals surface area (Å²) in [4.78, 5) is 4.17. The van der Waals surface area contributed by atoms with Crippen molar-refractivity contribution >= 4 is 6.02 Å². The van der Waals surface area contributed by atoms with Crippen LogP contribution in [0.5, 0.6) is 0 Å². The van der Waals surface area contributed by atoms with Crippen molar-refractivity contribution in [1.29, 1.82) is 0 Å². The highest BCUT2D eigenvalue weighted by Crippen LogP contribution is 2.27. The third kappa shape index (κ3) is 2.16. The molecule has 3 heteroatoms. The van der Waals surface area contributed by atoms with Crippen LogP contribution >= 0.6 is 0 Å². The molecule has 0 bridgehead atoms. The van der Waals surface area contributed by atoms with Crippen LogP contribution in [0.1, 0.15) is 20.3 Å². The maximum absolute atomic E-state index is 5.27. The van der Waals surface area contributed by atoms with E-state index >= 15 is 0 Å². The molecular formula is C11H16N2O. The van der Waals surface area contributed by atoms with Gasteiger partial charge in [-0.3, -0.25) is 0 Å². The molecule has 1 aliphatic heterocycles. The van der Waals surface area contributed by atoms with Gasteiger partial charge in [0.2, 0.25) is 0 Å². The Morgan fingerprint density at radius 3 is 2.93 bits per heavy atom. The first-order chi connectivity index (χ1) is 6.66. The van der Waals surface area contributed by atoms with Crippen molar-refractivity contribution in [1.82, 2.24) is 5.32 Å². The fourth-order valence-corrected chi connectivity index (χ4v) is 1.45. The Balaban J connectivity index is 1.95. The standard InChI is InChI=1S/C11H16N2O/c1-11(2)5-3-9(4-6-11)13-10-12-7-8-14-10/h3-5H,6-8H2,1-2H3,(H,12,13). The number of rotatable bonds is 1. The summed E-state index contributed by atoms with van der Waals surface area (Å²) < 4.78 is 5.27. The molecule has 1 aliphatic carbocycles. The van der Waals surface area contributed by atoms with E-state index in [1.54, 1.807) is 0 Å². The van der Waals surface area contributed by atoms with Crippen molar-refractivity contribution in [3.8, 4) is 0 Å². The van der Waals surface area contributed by atoms with E-state index < -0.39 is 0 Å². The average Bonchev–Trinajstić information content (AvgIpc) is 2.61. The molecule has 2 aliphatic rings. The molecule has 76 valence electrons. The lowest BCUT2D eigenvalue weighted by atomic mass is 9.85. The molecule has 0 radical (unpaired) electrons. The molecule has 14 heavy (non-hydrogen) atoms. The lowest BCUT2D eigenvalue weighted by molar-refractivity contribution is 0.335. The lowest BCUT2D eigenvalue weighted by Gasteiger charge is -2.22. The van der Waals surface area contributed by atoms with E-state index in [-0.39, 0.29) is 5.41 Å². The minimum absolute atomic E-state index is 0.281. The molecule has 0 unspecified atom stereocenters. The zero-order valence-electron chi connectivity index (χ0n) is 8.71. The van der Waals surface area contributed by atoms with Gasteiger partial charge in [-0.15, -0.1) is 0 Å². The molecule has 0 atom stereocenters. The van der Waals surface area contributed by atoms with Gasteiger partial charge in [0, 0.05) is 5.70 Å². The Morgan fingerprint density at radius 1 is 1.50 bits per heavy atom. The highest BCUT2D eigenvalue weighted by Gasteiger charge is 2.17. The number of hydrogen-bond donors (Lipinski definition) is 1. The second-order valence-electron chi connectivity index (χ2n) is 4.35. The second-order valence-corrected chi connectivity index (χ2v) is 4.35. The third-order valence-corrected chi connectivity index (χ3v) is 2.40. The van der Waals surface area contributed by atoms with Crippen LogP contribution in [-0.4, -0.2) is 19.2 Å². The van der Waals surface area contributed by atoms with Crippen molar-refractivity contribution in [3.63, 3.8) is 0 Å². The van der Waals surface area contributed by atoms with Gasteiger partial charge in [0.25, 0.3) is 6.02 Å². The Labute approximate surface area is 84.6 Å². The molecular weight excluding hydrogens is 176 g/mol. The van der Waals surface area contributed by atoms with E-state index in [1.165, 1.54) is 0 Å². The van der Waals surface area contributed by atoms with E-state index in [1.807, 2.05) is 0 Å². The first kappa shape index (κ1) is 9.31. The maximum Gasteiger partial charge on any atom is 0.289 e. The summed E-state index contributed by atoms with van der Waals surface area (Å²) in [5.41, 5.74) is 1.37. The van der Waals surface area contributed by atoms with Crippen LogP contribution in [0.15, 0.2) is 28.9 Å². The third-order valence-electron chi connectivity index (χ3n) is 2.40. The molecule has 0 aromatic heterocycles. The number of amidine groups is 1. The molecule has 0 saturated carbocycles. The Hall–Kier alpha value is -1.25. The van der Waals surface area contributed by atoms with E-state index in [0.29, 0.717) is 12.6 Å². The summed E-state index contributed by atoms with van der Waals surface area (Å²) >= 11 is 0. The monoisotopic (exact) mass is 192 g/mol. The van der Waals surface area contributed by atoms with Crippen LogP contribution in [0, 0.1) is 5.41 Å². The van der Waals surface area contributed by atoms with E-state index in [9.17, 15) is 0 Å². The predicted molar refractivity (Wildman–Crippen MR) is 57.0 cm³/mol. The minimum atomic E-state index is 0.281. The van der Waals surface area contributed by atoms with Gasteiger partial charge in [-0.2, -0.15) is 0 Å². The van der Waals surface area contributed by atoms with Gasteiger partial charge in [0.15, 0.2) is 0 Å². The van der Waals surface area contributed by atoms with Gasteiger partial charge in [0.1, 0.15) is 6.61 Å². The number of ether oxygens (including phenoxy) is 1. The molecule has 0 spiro atoms. The smallest absolute Gasteiger partial charge is 0.289 e. The van der Waals surface area contributed by atoms with Crippen molar-refractivity contribution in [2.24, 2.45) is 10.4 Å². The molecule has 0 aromatic carbocycles. The van der Waals surface area contributed by atoms with Crippen molar-refractivity contribution in [3.05, 3.63) is 23.9 Å². The fraction of sp³-hybridized carbons (Fsp3) is 0.545. The predicted octanol–water partition coefficient (Wildman–Crippen LogP) is 1.83. The van der Waals surface area contributed by atoms with Gasteiger partial charge in [-0.1, -0.05) is 26.0 Å². The maximum atomic E-state index is 5.27. The van der Waals surface area contributed by atoms with Gasteiger partial charge in [-0.25, -0.2) is 4.99 Å². The summed E-state index contributed by atoms with van der Waals surface area (Å²) in [6, 6.07) is 0.653. The minimum Gasteiger partial charge on any atom is -0.463 e. The largest absolute Gasteiger partial charge is 0.463 e. The first-order valence-corrected chi connectivity index (χ1v) is 4.99. The number of hydrogen-bond acceptors (Lipinski definition) is 3. The lowest BCUT2D eigenvalue weighted by Crippen LogP contribution is -2.24. The Morgan fingerprint density at radius 2 is 2.36 bits per heavy atom. The van der Waals surface area contributed by atoms with Gasteiger partial charge in [0.05, 0.1) is 6.54 Å². The molecule has 0 amide bonds. The number of nitrogens with one attached hydrogen (secondary N) is 1. The first-order valence-electron chi connectivity index (χ1n) is 4.99. The molecule has 2 rings (SSSR count). The summed E-state index contributed by atoms with van der Waals surface area (Å²) in [6.45, 7) is 5.91. The Kier molecular flexibility index (Phi) is 2.32. The summed E-state index contributed by atoms with van der Waals surface area (Å²) in [6.07, 6.45) is 7.54. The van der Waals surface area contributed by atoms with Crippen LogP contribution < -0.4 is 5.32 Å². The second kappa shape index (κ2) is 3.48. The van der Waals surface area contributed by atoms with E-state index in [0.717, 1.165) is 18.7 Å². The highest BCUT2D eigenvalue weighted by molar-refractivity contribution is 5.77. The van der Waals surface area contributed by atoms with Gasteiger partial charge in [-0.05, 0) is 17.9 Å². The molecule has 3 nitrogen and oxygen atoms in total. The van der Waals surface area contributed by atoms with Crippen LogP contribution in [0.2, 0.25) is 0 Å². The van der Waals surface area contributed by atoms with Crippen molar-refractivity contribution < 1.29 is 4.74 Å². The summed E-state index contributed by atoms with van der Waals surface area (Å²) in [5.74, 6) is 0. The number of nitrogens with zero attached hydrogens (tertiary/aromatic N) is 1. The van der Waals surface area contributed by atoms with E-state index in [4.69, 9.17) is 4.74 Å². The van der Waals surface area contributed by atoms with Crippen molar-refractivity contribution in [2.75, 3.05) is 13.2 Å². The molecule has 0 fully saturated rings. The van der Waals surface area contributed by atoms with Crippen molar-refractivity contribution in [2.45, 2.75) is 20.3 Å². The van der Waals surface area contributed by atoms with Gasteiger partial charge < -0.3 is 10.1 Å². The average molecular weight is 192 g/mol. The zero-order valence-corrected chi connectivity index (χ0v) is 8.71. The molecule has 0 saturated heterocycles. The SMILES string of the molecule is CC1(C)C=CC(NC2=NCCO2)=CC1. The van der Waals surface area contributed by atoms with E-state index in [2.05, 4.69) is 42.4 Å². The van der Waals surface area contributed by atoms with Crippen LogP contribution in [0.25, 0.3) is 0 Å².